The maximum Gasteiger partial charge on any atom is 0.164 e. The lowest BCUT2D eigenvalue weighted by Gasteiger charge is -2.31. The van der Waals surface area contributed by atoms with Crippen LogP contribution in [0.25, 0.3) is 0 Å². The Hall–Kier alpha value is -0.620. The maximum atomic E-state index is 5.91. The molecule has 102 valence electrons. The van der Waals surface area contributed by atoms with Crippen molar-refractivity contribution in [1.29, 1.82) is 0 Å². The first kappa shape index (κ1) is 12.4. The van der Waals surface area contributed by atoms with Crippen molar-refractivity contribution in [2.24, 2.45) is 0 Å². The van der Waals surface area contributed by atoms with Gasteiger partial charge in [0.15, 0.2) is 17.7 Å². The monoisotopic (exact) mass is 256 g/mol. The van der Waals surface area contributed by atoms with Crippen molar-refractivity contribution in [1.82, 2.24) is 0 Å². The van der Waals surface area contributed by atoms with Crippen LogP contribution in [0.2, 0.25) is 0 Å². The molecular formula is C13H20O5. The summed E-state index contributed by atoms with van der Waals surface area (Å²) in [5.41, 5.74) is 0. The van der Waals surface area contributed by atoms with E-state index >= 15 is 0 Å². The largest absolute Gasteiger partial charge is 0.493 e. The second-order valence-corrected chi connectivity index (χ2v) is 5.86. The molecule has 3 aliphatic heterocycles. The van der Waals surface area contributed by atoms with E-state index in [9.17, 15) is 0 Å². The molecule has 0 spiro atoms. The molecule has 0 saturated carbocycles. The highest BCUT2D eigenvalue weighted by atomic mass is 16.8. The summed E-state index contributed by atoms with van der Waals surface area (Å²) in [4.78, 5) is 0. The summed E-state index contributed by atoms with van der Waals surface area (Å²) in [5.74, 6) is -1.14. The van der Waals surface area contributed by atoms with Gasteiger partial charge in [0.25, 0.3) is 0 Å². The molecule has 5 nitrogen and oxygen atoms in total. The zero-order valence-electron chi connectivity index (χ0n) is 11.2. The third-order valence-electron chi connectivity index (χ3n) is 3.39. The lowest BCUT2D eigenvalue weighted by molar-refractivity contribution is -0.179. The highest BCUT2D eigenvalue weighted by Crippen LogP contribution is 2.37. The van der Waals surface area contributed by atoms with E-state index in [1.54, 1.807) is 6.26 Å². The average Bonchev–Trinajstić information content (AvgIpc) is 2.75. The Balaban J connectivity index is 1.76. The van der Waals surface area contributed by atoms with Gasteiger partial charge in [0.05, 0.1) is 12.9 Å². The summed E-state index contributed by atoms with van der Waals surface area (Å²) < 4.78 is 28.8. The van der Waals surface area contributed by atoms with E-state index in [0.717, 1.165) is 0 Å². The normalized spacial score (nSPS) is 44.7. The second-order valence-electron chi connectivity index (χ2n) is 5.86. The predicted octanol–water partition coefficient (Wildman–Crippen LogP) is 1.57. The van der Waals surface area contributed by atoms with Gasteiger partial charge >= 0.3 is 0 Å². The number of hydrogen-bond acceptors (Lipinski definition) is 5. The van der Waals surface area contributed by atoms with Gasteiger partial charge in [0, 0.05) is 0 Å². The molecule has 0 aromatic heterocycles. The number of hydrogen-bond donors (Lipinski definition) is 0. The van der Waals surface area contributed by atoms with Crippen LogP contribution in [0.15, 0.2) is 12.3 Å². The van der Waals surface area contributed by atoms with E-state index in [4.69, 9.17) is 23.7 Å². The molecule has 0 N–H and O–H groups in total. The Morgan fingerprint density at radius 1 is 0.944 bits per heavy atom. The zero-order chi connectivity index (χ0) is 13.0. The standard InChI is InChI=1S/C13H20O5/c1-12(2)15-7-9(17-12)10-11-8(5-6-14-10)16-13(3,4)18-11/h5-6,8-11H,7H2,1-4H3/t8-,9-,10-,11-/m1/s1. The van der Waals surface area contributed by atoms with Crippen molar-refractivity contribution in [2.45, 2.75) is 63.7 Å². The van der Waals surface area contributed by atoms with E-state index in [-0.39, 0.29) is 24.4 Å². The quantitative estimate of drug-likeness (QED) is 0.712. The van der Waals surface area contributed by atoms with Crippen molar-refractivity contribution < 1.29 is 23.7 Å². The summed E-state index contributed by atoms with van der Waals surface area (Å²) in [6.07, 6.45) is 3.01. The van der Waals surface area contributed by atoms with Crippen LogP contribution in [0.3, 0.4) is 0 Å². The van der Waals surface area contributed by atoms with Gasteiger partial charge in [-0.2, -0.15) is 0 Å². The molecule has 0 amide bonds. The molecule has 0 bridgehead atoms. The molecule has 3 rings (SSSR count). The highest BCUT2D eigenvalue weighted by Gasteiger charge is 2.51. The van der Waals surface area contributed by atoms with Gasteiger partial charge in [0.2, 0.25) is 0 Å². The van der Waals surface area contributed by atoms with Crippen LogP contribution >= 0.6 is 0 Å². The fourth-order valence-corrected chi connectivity index (χ4v) is 2.69. The maximum absolute atomic E-state index is 5.91. The van der Waals surface area contributed by atoms with E-state index < -0.39 is 11.6 Å². The second kappa shape index (κ2) is 3.93. The molecule has 3 aliphatic rings. The number of fused-ring (bicyclic) bond motifs is 1. The lowest BCUT2D eigenvalue weighted by atomic mass is 10.0. The number of ether oxygens (including phenoxy) is 5. The predicted molar refractivity (Wildman–Crippen MR) is 62.7 cm³/mol. The minimum Gasteiger partial charge on any atom is -0.493 e. The molecule has 0 radical (unpaired) electrons. The number of rotatable bonds is 1. The van der Waals surface area contributed by atoms with Gasteiger partial charge in [0.1, 0.15) is 18.3 Å². The van der Waals surface area contributed by atoms with Gasteiger partial charge < -0.3 is 23.7 Å². The van der Waals surface area contributed by atoms with E-state index in [2.05, 4.69) is 0 Å². The average molecular weight is 256 g/mol. The molecule has 2 saturated heterocycles. The van der Waals surface area contributed by atoms with Crippen LogP contribution in [-0.4, -0.2) is 42.6 Å². The highest BCUT2D eigenvalue weighted by molar-refractivity contribution is 5.05. The van der Waals surface area contributed by atoms with Crippen LogP contribution in [0.1, 0.15) is 27.7 Å². The molecule has 0 unspecified atom stereocenters. The molecule has 5 heteroatoms. The third-order valence-corrected chi connectivity index (χ3v) is 3.39. The van der Waals surface area contributed by atoms with Crippen molar-refractivity contribution in [3.8, 4) is 0 Å². The van der Waals surface area contributed by atoms with Crippen LogP contribution in [-0.2, 0) is 23.7 Å². The minimum atomic E-state index is -0.583. The SMILES string of the molecule is CC1(C)O[C@H]2[C@@H]([C@H]3COC(C)(C)O3)OC=C[C@H]2O1. The fourth-order valence-electron chi connectivity index (χ4n) is 2.69. The molecule has 0 aliphatic carbocycles. The van der Waals surface area contributed by atoms with Gasteiger partial charge in [-0.15, -0.1) is 0 Å². The molecule has 3 heterocycles. The Kier molecular flexibility index (Phi) is 2.71. The van der Waals surface area contributed by atoms with Crippen LogP contribution in [0.4, 0.5) is 0 Å². The van der Waals surface area contributed by atoms with Gasteiger partial charge in [-0.1, -0.05) is 0 Å². The molecule has 0 aromatic rings. The van der Waals surface area contributed by atoms with Crippen molar-refractivity contribution >= 4 is 0 Å². The Morgan fingerprint density at radius 3 is 2.39 bits per heavy atom. The van der Waals surface area contributed by atoms with Gasteiger partial charge in [-0.05, 0) is 33.8 Å². The van der Waals surface area contributed by atoms with Crippen molar-refractivity contribution in [3.63, 3.8) is 0 Å². The molecular weight excluding hydrogens is 236 g/mol. The molecule has 4 atom stereocenters. The lowest BCUT2D eigenvalue weighted by Crippen LogP contribution is -2.47. The van der Waals surface area contributed by atoms with Crippen molar-refractivity contribution in [3.05, 3.63) is 12.3 Å². The van der Waals surface area contributed by atoms with Gasteiger partial charge in [-0.25, -0.2) is 0 Å². The Labute approximate surface area is 107 Å². The topological polar surface area (TPSA) is 46.2 Å². The van der Waals surface area contributed by atoms with E-state index in [1.165, 1.54) is 0 Å². The van der Waals surface area contributed by atoms with Crippen LogP contribution in [0.5, 0.6) is 0 Å². The molecule has 0 aromatic carbocycles. The van der Waals surface area contributed by atoms with Crippen LogP contribution < -0.4 is 0 Å². The van der Waals surface area contributed by atoms with E-state index in [0.29, 0.717) is 6.61 Å². The molecule has 18 heavy (non-hydrogen) atoms. The molecule has 2 fully saturated rings. The van der Waals surface area contributed by atoms with Crippen molar-refractivity contribution in [2.75, 3.05) is 6.61 Å². The third kappa shape index (κ3) is 2.16. The fraction of sp³-hybridized carbons (Fsp3) is 0.846. The summed E-state index contributed by atoms with van der Waals surface area (Å²) in [5, 5.41) is 0. The summed E-state index contributed by atoms with van der Waals surface area (Å²) >= 11 is 0. The minimum absolute atomic E-state index is 0.0777. The van der Waals surface area contributed by atoms with Crippen LogP contribution in [0, 0.1) is 0 Å². The first-order chi connectivity index (χ1) is 8.36. The summed E-state index contributed by atoms with van der Waals surface area (Å²) in [7, 11) is 0. The first-order valence-corrected chi connectivity index (χ1v) is 6.36. The zero-order valence-corrected chi connectivity index (χ0v) is 11.2. The smallest absolute Gasteiger partial charge is 0.164 e. The first-order valence-electron chi connectivity index (χ1n) is 6.36. The van der Waals surface area contributed by atoms with Gasteiger partial charge in [-0.3, -0.25) is 0 Å². The Morgan fingerprint density at radius 2 is 1.72 bits per heavy atom. The Bertz CT molecular complexity index is 362. The summed E-state index contributed by atoms with van der Waals surface area (Å²) in [6, 6.07) is 0. The summed E-state index contributed by atoms with van der Waals surface area (Å²) in [6.45, 7) is 8.13. The van der Waals surface area contributed by atoms with E-state index in [1.807, 2.05) is 33.8 Å².